The van der Waals surface area contributed by atoms with Gasteiger partial charge in [0.15, 0.2) is 0 Å². The van der Waals surface area contributed by atoms with Gasteiger partial charge in [0.05, 0.1) is 6.61 Å². The van der Waals surface area contributed by atoms with E-state index in [1.54, 1.807) is 26.0 Å². The largest absolute Gasteiger partial charge is 0.508 e. The molecule has 0 saturated carbocycles. The van der Waals surface area contributed by atoms with Gasteiger partial charge in [-0.3, -0.25) is 4.79 Å². The zero-order chi connectivity index (χ0) is 12.8. The summed E-state index contributed by atoms with van der Waals surface area (Å²) in [4.78, 5) is 24.3. The van der Waals surface area contributed by atoms with Crippen LogP contribution in [0.2, 0.25) is 0 Å². The van der Waals surface area contributed by atoms with E-state index < -0.39 is 11.9 Å². The predicted molar refractivity (Wildman–Crippen MR) is 62.8 cm³/mol. The minimum Gasteiger partial charge on any atom is -0.508 e. The Bertz CT molecular complexity index is 417. The van der Waals surface area contributed by atoms with Gasteiger partial charge in [0.1, 0.15) is 5.75 Å². The molecule has 0 saturated heterocycles. The van der Waals surface area contributed by atoms with E-state index in [2.05, 4.69) is 4.74 Å². The lowest BCUT2D eigenvalue weighted by molar-refractivity contribution is -0.153. The first-order valence-electron chi connectivity index (χ1n) is 5.37. The normalized spacial score (nSPS) is 9.76. The fourth-order valence-electron chi connectivity index (χ4n) is 1.41. The molecule has 0 spiro atoms. The Morgan fingerprint density at radius 3 is 2.59 bits per heavy atom. The second-order valence-corrected chi connectivity index (χ2v) is 3.29. The Labute approximate surface area is 99.6 Å². The molecule has 0 aliphatic heterocycles. The molecule has 0 aliphatic rings. The smallest absolute Gasteiger partial charge is 0.397 e. The Morgan fingerprint density at radius 2 is 2.06 bits per heavy atom. The summed E-state index contributed by atoms with van der Waals surface area (Å²) >= 11 is 0. The van der Waals surface area contributed by atoms with Crippen molar-refractivity contribution in [3.05, 3.63) is 24.3 Å². The fraction of sp³-hybridized carbons (Fsp3) is 0.333. The van der Waals surface area contributed by atoms with Gasteiger partial charge in [0.2, 0.25) is 0 Å². The molecular formula is C12H15NO4. The van der Waals surface area contributed by atoms with Crippen molar-refractivity contribution < 1.29 is 19.4 Å². The van der Waals surface area contributed by atoms with Gasteiger partial charge in [-0.15, -0.1) is 0 Å². The van der Waals surface area contributed by atoms with Crippen molar-refractivity contribution in [2.75, 3.05) is 18.1 Å². The number of likely N-dealkylation sites (N-methyl/N-ethyl adjacent to an activating group) is 1. The van der Waals surface area contributed by atoms with Crippen molar-refractivity contribution in [3.8, 4) is 5.75 Å². The Balaban J connectivity index is 2.92. The second kappa shape index (κ2) is 5.89. The maximum Gasteiger partial charge on any atom is 0.397 e. The van der Waals surface area contributed by atoms with E-state index in [4.69, 9.17) is 0 Å². The molecule has 0 aromatic heterocycles. The molecule has 0 aliphatic carbocycles. The van der Waals surface area contributed by atoms with Gasteiger partial charge in [0.25, 0.3) is 0 Å². The molecule has 0 atom stereocenters. The van der Waals surface area contributed by atoms with Crippen LogP contribution >= 0.6 is 0 Å². The lowest BCUT2D eigenvalue weighted by Gasteiger charge is -2.19. The lowest BCUT2D eigenvalue weighted by Crippen LogP contribution is -2.37. The standard InChI is InChI=1S/C12H15NO4/c1-3-13(11(15)12(16)17-4-2)9-6-5-7-10(14)8-9/h5-8,14H,3-4H2,1-2H3. The maximum absolute atomic E-state index is 11.7. The zero-order valence-corrected chi connectivity index (χ0v) is 9.84. The van der Waals surface area contributed by atoms with E-state index >= 15 is 0 Å². The topological polar surface area (TPSA) is 66.8 Å². The number of nitrogens with zero attached hydrogens (tertiary/aromatic N) is 1. The van der Waals surface area contributed by atoms with Gasteiger partial charge in [-0.25, -0.2) is 4.79 Å². The summed E-state index contributed by atoms with van der Waals surface area (Å²) < 4.78 is 4.65. The van der Waals surface area contributed by atoms with Crippen LogP contribution in [0.25, 0.3) is 0 Å². The summed E-state index contributed by atoms with van der Waals surface area (Å²) in [5, 5.41) is 9.33. The minimum atomic E-state index is -0.891. The molecular weight excluding hydrogens is 222 g/mol. The van der Waals surface area contributed by atoms with Crippen LogP contribution in [0.4, 0.5) is 5.69 Å². The molecule has 0 radical (unpaired) electrons. The van der Waals surface area contributed by atoms with Crippen LogP contribution in [0.5, 0.6) is 5.75 Å². The molecule has 5 heteroatoms. The minimum absolute atomic E-state index is 0.0395. The molecule has 0 fully saturated rings. The summed E-state index contributed by atoms with van der Waals surface area (Å²) in [5.41, 5.74) is 0.463. The van der Waals surface area contributed by atoms with Crippen LogP contribution in [-0.2, 0) is 14.3 Å². The van der Waals surface area contributed by atoms with E-state index in [0.29, 0.717) is 12.2 Å². The first kappa shape index (κ1) is 13.0. The summed E-state index contributed by atoms with van der Waals surface area (Å²) in [6.45, 7) is 3.85. The third kappa shape index (κ3) is 3.21. The first-order chi connectivity index (χ1) is 8.10. The molecule has 17 heavy (non-hydrogen) atoms. The average molecular weight is 237 g/mol. The third-order valence-corrected chi connectivity index (χ3v) is 2.15. The molecule has 1 amide bonds. The van der Waals surface area contributed by atoms with Crippen molar-refractivity contribution in [2.24, 2.45) is 0 Å². The van der Waals surface area contributed by atoms with Gasteiger partial charge in [-0.2, -0.15) is 0 Å². The number of benzene rings is 1. The van der Waals surface area contributed by atoms with Crippen molar-refractivity contribution in [1.82, 2.24) is 0 Å². The van der Waals surface area contributed by atoms with Crippen LogP contribution < -0.4 is 4.90 Å². The summed E-state index contributed by atoms with van der Waals surface area (Å²) in [6, 6.07) is 6.15. The molecule has 0 bridgehead atoms. The molecule has 0 unspecified atom stereocenters. The van der Waals surface area contributed by atoms with Crippen molar-refractivity contribution >= 4 is 17.6 Å². The van der Waals surface area contributed by atoms with Crippen LogP contribution in [0.3, 0.4) is 0 Å². The van der Waals surface area contributed by atoms with E-state index in [9.17, 15) is 14.7 Å². The van der Waals surface area contributed by atoms with E-state index in [-0.39, 0.29) is 12.4 Å². The van der Waals surface area contributed by atoms with Crippen LogP contribution in [0.1, 0.15) is 13.8 Å². The van der Waals surface area contributed by atoms with Crippen LogP contribution in [0, 0.1) is 0 Å². The first-order valence-corrected chi connectivity index (χ1v) is 5.37. The monoisotopic (exact) mass is 237 g/mol. The molecule has 1 rings (SSSR count). The number of carbonyl (C=O) groups excluding carboxylic acids is 2. The molecule has 1 aromatic carbocycles. The van der Waals surface area contributed by atoms with E-state index in [1.165, 1.54) is 17.0 Å². The third-order valence-electron chi connectivity index (χ3n) is 2.15. The molecule has 92 valence electrons. The second-order valence-electron chi connectivity index (χ2n) is 3.29. The average Bonchev–Trinajstić information content (AvgIpc) is 2.30. The number of esters is 1. The zero-order valence-electron chi connectivity index (χ0n) is 9.84. The van der Waals surface area contributed by atoms with Gasteiger partial charge in [0, 0.05) is 18.3 Å². The molecule has 0 heterocycles. The fourth-order valence-corrected chi connectivity index (χ4v) is 1.41. The van der Waals surface area contributed by atoms with Gasteiger partial charge >= 0.3 is 11.9 Å². The van der Waals surface area contributed by atoms with Crippen LogP contribution in [-0.4, -0.2) is 30.1 Å². The number of rotatable bonds is 3. The number of phenols is 1. The van der Waals surface area contributed by atoms with E-state index in [1.807, 2.05) is 0 Å². The highest BCUT2D eigenvalue weighted by molar-refractivity contribution is 6.38. The highest BCUT2D eigenvalue weighted by Gasteiger charge is 2.23. The van der Waals surface area contributed by atoms with Gasteiger partial charge in [-0.1, -0.05) is 6.07 Å². The Morgan fingerprint density at radius 1 is 1.35 bits per heavy atom. The quantitative estimate of drug-likeness (QED) is 0.635. The number of hydrogen-bond acceptors (Lipinski definition) is 4. The van der Waals surface area contributed by atoms with E-state index in [0.717, 1.165) is 0 Å². The summed E-state index contributed by atoms with van der Waals surface area (Å²) in [6.07, 6.45) is 0. The highest BCUT2D eigenvalue weighted by atomic mass is 16.5. The number of hydrogen-bond donors (Lipinski definition) is 1. The van der Waals surface area contributed by atoms with Crippen LogP contribution in [0.15, 0.2) is 24.3 Å². The van der Waals surface area contributed by atoms with Gasteiger partial charge < -0.3 is 14.7 Å². The maximum atomic E-state index is 11.7. The van der Waals surface area contributed by atoms with Crippen molar-refractivity contribution in [2.45, 2.75) is 13.8 Å². The number of amides is 1. The number of aromatic hydroxyl groups is 1. The molecule has 5 nitrogen and oxygen atoms in total. The lowest BCUT2D eigenvalue weighted by atomic mass is 10.2. The molecule has 1 aromatic rings. The predicted octanol–water partition coefficient (Wildman–Crippen LogP) is 1.31. The number of carbonyl (C=O) groups is 2. The number of phenolic OH excluding ortho intramolecular Hbond substituents is 1. The SMILES string of the molecule is CCOC(=O)C(=O)N(CC)c1cccc(O)c1. The summed E-state index contributed by atoms with van der Waals surface area (Å²) in [5.74, 6) is -1.59. The Kier molecular flexibility index (Phi) is 4.51. The number of ether oxygens (including phenoxy) is 1. The Hall–Kier alpha value is -2.04. The highest BCUT2D eigenvalue weighted by Crippen LogP contribution is 2.20. The van der Waals surface area contributed by atoms with Crippen molar-refractivity contribution in [1.29, 1.82) is 0 Å². The van der Waals surface area contributed by atoms with Crippen molar-refractivity contribution in [3.63, 3.8) is 0 Å². The summed E-state index contributed by atoms with van der Waals surface area (Å²) in [7, 11) is 0. The van der Waals surface area contributed by atoms with Gasteiger partial charge in [-0.05, 0) is 26.0 Å². The molecule has 1 N–H and O–H groups in total. The number of anilines is 1.